The fourth-order valence-corrected chi connectivity index (χ4v) is 4.22. The first-order chi connectivity index (χ1) is 15.3. The number of fused-ring (bicyclic) bond motifs is 4. The van der Waals surface area contributed by atoms with Gasteiger partial charge in [0, 0.05) is 31.1 Å². The molecule has 0 fully saturated rings. The molecule has 5 rings (SSSR count). The number of hydrogen-bond acceptors (Lipinski definition) is 5. The lowest BCUT2D eigenvalue weighted by Gasteiger charge is -2.33. The summed E-state index contributed by atoms with van der Waals surface area (Å²) in [5, 5.41) is 5.28. The van der Waals surface area contributed by atoms with Crippen molar-refractivity contribution in [3.63, 3.8) is 0 Å². The summed E-state index contributed by atoms with van der Waals surface area (Å²) in [7, 11) is 3.18. The standard InChI is InChI=1S/C22H18F3N5O2/c1-29(18-9-32-8-14-10(18)3-4-15(23)19(14)25)22(31)11-5-12-17(6-16(11)24)28-21(26)13-7-27-30(2)20(12)13/h3-7,18H,8-9H2,1-2H3,(H2,26,28)/t18-/m0/s1. The molecule has 7 nitrogen and oxygen atoms in total. The molecule has 1 atom stereocenters. The number of nitrogen functional groups attached to an aromatic ring is 1. The van der Waals surface area contributed by atoms with Crippen molar-refractivity contribution in [3.8, 4) is 0 Å². The number of hydrogen-bond donors (Lipinski definition) is 1. The Morgan fingerprint density at radius 3 is 2.78 bits per heavy atom. The number of likely N-dealkylation sites (N-methyl/N-ethyl adjacent to an activating group) is 1. The van der Waals surface area contributed by atoms with E-state index in [0.717, 1.165) is 12.1 Å². The van der Waals surface area contributed by atoms with Crippen molar-refractivity contribution in [1.29, 1.82) is 0 Å². The number of aromatic nitrogens is 3. The summed E-state index contributed by atoms with van der Waals surface area (Å²) in [6.07, 6.45) is 1.55. The number of rotatable bonds is 2. The molecule has 0 unspecified atom stereocenters. The molecule has 0 radical (unpaired) electrons. The largest absolute Gasteiger partial charge is 0.383 e. The molecule has 1 aliphatic heterocycles. The molecule has 1 aliphatic rings. The van der Waals surface area contributed by atoms with E-state index in [1.165, 1.54) is 24.1 Å². The maximum Gasteiger partial charge on any atom is 0.257 e. The van der Waals surface area contributed by atoms with Crippen molar-refractivity contribution >= 4 is 33.5 Å². The molecule has 2 N–H and O–H groups in total. The molecule has 0 saturated heterocycles. The van der Waals surface area contributed by atoms with Crippen LogP contribution in [0.1, 0.15) is 27.5 Å². The van der Waals surface area contributed by atoms with Crippen molar-refractivity contribution in [2.45, 2.75) is 12.6 Å². The van der Waals surface area contributed by atoms with Crippen LogP contribution >= 0.6 is 0 Å². The van der Waals surface area contributed by atoms with Gasteiger partial charge in [0.05, 0.1) is 47.4 Å². The zero-order valence-corrected chi connectivity index (χ0v) is 17.2. The molecule has 1 amide bonds. The van der Waals surface area contributed by atoms with Gasteiger partial charge in [-0.3, -0.25) is 9.48 Å². The minimum Gasteiger partial charge on any atom is -0.383 e. The van der Waals surface area contributed by atoms with E-state index in [-0.39, 0.29) is 30.2 Å². The number of ether oxygens (including phenoxy) is 1. The van der Waals surface area contributed by atoms with Gasteiger partial charge in [0.2, 0.25) is 0 Å². The van der Waals surface area contributed by atoms with Crippen LogP contribution in [0.25, 0.3) is 21.8 Å². The number of carbonyl (C=O) groups excluding carboxylic acids is 1. The van der Waals surface area contributed by atoms with E-state index in [2.05, 4.69) is 10.1 Å². The Bertz CT molecular complexity index is 1420. The summed E-state index contributed by atoms with van der Waals surface area (Å²) in [5.74, 6) is -3.20. The van der Waals surface area contributed by atoms with E-state index < -0.39 is 29.4 Å². The lowest BCUT2D eigenvalue weighted by atomic mass is 9.96. The van der Waals surface area contributed by atoms with Crippen LogP contribution in [0, 0.1) is 17.5 Å². The number of aryl methyl sites for hydroxylation is 1. The number of pyridine rings is 1. The average Bonchev–Trinajstić information content (AvgIpc) is 3.17. The van der Waals surface area contributed by atoms with E-state index >= 15 is 0 Å². The summed E-state index contributed by atoms with van der Waals surface area (Å²) < 4.78 is 49.8. The third kappa shape index (κ3) is 2.90. The average molecular weight is 441 g/mol. The predicted molar refractivity (Wildman–Crippen MR) is 111 cm³/mol. The summed E-state index contributed by atoms with van der Waals surface area (Å²) in [4.78, 5) is 18.8. The molecule has 2 aromatic carbocycles. The van der Waals surface area contributed by atoms with Crippen LogP contribution < -0.4 is 5.73 Å². The maximum atomic E-state index is 15.0. The summed E-state index contributed by atoms with van der Waals surface area (Å²) in [6.45, 7) is -0.0348. The third-order valence-corrected chi connectivity index (χ3v) is 5.93. The summed E-state index contributed by atoms with van der Waals surface area (Å²) in [5.41, 5.74) is 7.16. The lowest BCUT2D eigenvalue weighted by molar-refractivity contribution is 0.0327. The molecule has 0 bridgehead atoms. The number of benzene rings is 2. The second-order valence-electron chi connectivity index (χ2n) is 7.75. The summed E-state index contributed by atoms with van der Waals surface area (Å²) >= 11 is 0. The third-order valence-electron chi connectivity index (χ3n) is 5.93. The van der Waals surface area contributed by atoms with Gasteiger partial charge >= 0.3 is 0 Å². The SMILES string of the molecule is CN(C(=O)c1cc2c(cc1F)nc(N)c1cnn(C)c12)[C@H]1COCc2c1ccc(F)c2F. The van der Waals surface area contributed by atoms with Crippen LogP contribution in [-0.2, 0) is 18.4 Å². The van der Waals surface area contributed by atoms with Gasteiger partial charge in [0.1, 0.15) is 11.6 Å². The first-order valence-electron chi connectivity index (χ1n) is 9.80. The quantitative estimate of drug-likeness (QED) is 0.515. The van der Waals surface area contributed by atoms with E-state index in [0.29, 0.717) is 27.4 Å². The van der Waals surface area contributed by atoms with Gasteiger partial charge in [-0.05, 0) is 17.7 Å². The van der Waals surface area contributed by atoms with Gasteiger partial charge in [-0.2, -0.15) is 5.10 Å². The number of carbonyl (C=O) groups is 1. The van der Waals surface area contributed by atoms with Gasteiger partial charge < -0.3 is 15.4 Å². The van der Waals surface area contributed by atoms with Gasteiger partial charge in [0.15, 0.2) is 11.6 Å². The second kappa shape index (κ2) is 7.20. The smallest absolute Gasteiger partial charge is 0.257 e. The minimum atomic E-state index is -1.01. The molecular weight excluding hydrogens is 423 g/mol. The zero-order valence-electron chi connectivity index (χ0n) is 17.2. The molecule has 164 valence electrons. The van der Waals surface area contributed by atoms with Gasteiger partial charge in [-0.1, -0.05) is 6.07 Å². The number of halogens is 3. The Hall–Kier alpha value is -3.66. The molecule has 0 spiro atoms. The van der Waals surface area contributed by atoms with E-state index in [1.54, 1.807) is 17.9 Å². The van der Waals surface area contributed by atoms with Crippen LogP contribution in [0.5, 0.6) is 0 Å². The molecular formula is C22H18F3N5O2. The topological polar surface area (TPSA) is 86.3 Å². The van der Waals surface area contributed by atoms with Crippen molar-refractivity contribution in [2.24, 2.45) is 7.05 Å². The van der Waals surface area contributed by atoms with Crippen LogP contribution in [0.3, 0.4) is 0 Å². The summed E-state index contributed by atoms with van der Waals surface area (Å²) in [6, 6.07) is 4.29. The molecule has 10 heteroatoms. The van der Waals surface area contributed by atoms with E-state index in [4.69, 9.17) is 10.5 Å². The predicted octanol–water partition coefficient (Wildman–Crippen LogP) is 3.46. The first-order valence-corrected chi connectivity index (χ1v) is 9.80. The lowest BCUT2D eigenvalue weighted by Crippen LogP contribution is -2.37. The van der Waals surface area contributed by atoms with Crippen LogP contribution in [-0.4, -0.2) is 39.2 Å². The van der Waals surface area contributed by atoms with Crippen LogP contribution in [0.2, 0.25) is 0 Å². The number of nitrogens with zero attached hydrogens (tertiary/aromatic N) is 4. The fraction of sp³-hybridized carbons (Fsp3) is 0.227. The molecule has 3 heterocycles. The van der Waals surface area contributed by atoms with Crippen molar-refractivity contribution in [1.82, 2.24) is 19.7 Å². The van der Waals surface area contributed by atoms with Crippen molar-refractivity contribution < 1.29 is 22.7 Å². The minimum absolute atomic E-state index is 0.0520. The number of anilines is 1. The van der Waals surface area contributed by atoms with Crippen LogP contribution in [0.4, 0.5) is 19.0 Å². The van der Waals surface area contributed by atoms with Gasteiger partial charge in [-0.25, -0.2) is 18.2 Å². The molecule has 4 aromatic rings. The number of amides is 1. The van der Waals surface area contributed by atoms with Crippen molar-refractivity contribution in [3.05, 3.63) is 64.6 Å². The van der Waals surface area contributed by atoms with E-state index in [1.807, 2.05) is 0 Å². The highest BCUT2D eigenvalue weighted by molar-refractivity contribution is 6.10. The van der Waals surface area contributed by atoms with Crippen LogP contribution in [0.15, 0.2) is 30.5 Å². The second-order valence-corrected chi connectivity index (χ2v) is 7.75. The maximum absolute atomic E-state index is 15.0. The zero-order chi connectivity index (χ0) is 22.7. The normalized spacial score (nSPS) is 15.8. The Morgan fingerprint density at radius 2 is 2.00 bits per heavy atom. The highest BCUT2D eigenvalue weighted by Crippen LogP contribution is 2.34. The Balaban J connectivity index is 1.61. The molecule has 2 aromatic heterocycles. The molecule has 0 aliphatic carbocycles. The fourth-order valence-electron chi connectivity index (χ4n) is 4.22. The first kappa shape index (κ1) is 20.3. The molecule has 32 heavy (non-hydrogen) atoms. The van der Waals surface area contributed by atoms with Crippen molar-refractivity contribution in [2.75, 3.05) is 19.4 Å². The highest BCUT2D eigenvalue weighted by atomic mass is 19.2. The monoisotopic (exact) mass is 441 g/mol. The molecule has 0 saturated carbocycles. The number of nitrogens with two attached hydrogens (primary N) is 1. The Labute approximate surface area is 180 Å². The Morgan fingerprint density at radius 1 is 1.22 bits per heavy atom. The van der Waals surface area contributed by atoms with Gasteiger partial charge in [-0.15, -0.1) is 0 Å². The van der Waals surface area contributed by atoms with Gasteiger partial charge in [0.25, 0.3) is 5.91 Å². The Kier molecular flexibility index (Phi) is 4.55. The van der Waals surface area contributed by atoms with E-state index in [9.17, 15) is 18.0 Å². The highest BCUT2D eigenvalue weighted by Gasteiger charge is 2.32.